The van der Waals surface area contributed by atoms with Crippen LogP contribution in [-0.2, 0) is 0 Å². The monoisotopic (exact) mass is 226 g/mol. The van der Waals surface area contributed by atoms with Gasteiger partial charge in [0.2, 0.25) is 0 Å². The average Bonchev–Trinajstić information content (AvgIpc) is 2.43. The maximum absolute atomic E-state index is 5.91. The predicted octanol–water partition coefficient (Wildman–Crippen LogP) is 2.87. The third-order valence-electron chi connectivity index (χ3n) is 3.45. The lowest BCUT2D eigenvalue weighted by molar-refractivity contribution is 0.199. The summed E-state index contributed by atoms with van der Waals surface area (Å²) in [5.74, 6) is 0.679. The Bertz CT molecular complexity index is 176. The normalized spacial score (nSPS) is 21.8. The van der Waals surface area contributed by atoms with E-state index in [1.807, 2.05) is 0 Å². The van der Waals surface area contributed by atoms with Gasteiger partial charge in [0, 0.05) is 6.54 Å². The van der Waals surface area contributed by atoms with Crippen LogP contribution in [0.3, 0.4) is 0 Å². The van der Waals surface area contributed by atoms with Gasteiger partial charge in [0.1, 0.15) is 0 Å². The summed E-state index contributed by atoms with van der Waals surface area (Å²) in [6, 6.07) is 0. The van der Waals surface area contributed by atoms with E-state index in [0.717, 1.165) is 6.54 Å². The highest BCUT2D eigenvalue weighted by Gasteiger charge is 2.20. The van der Waals surface area contributed by atoms with Crippen molar-refractivity contribution in [3.8, 4) is 0 Å². The number of likely N-dealkylation sites (tertiary alicyclic amines) is 1. The maximum atomic E-state index is 5.91. The molecule has 2 heteroatoms. The molecule has 1 atom stereocenters. The molecule has 1 aliphatic rings. The SMILES string of the molecule is CC(C)(C)CC(CN)CN1CCCCCC1. The summed E-state index contributed by atoms with van der Waals surface area (Å²) in [6.45, 7) is 11.6. The van der Waals surface area contributed by atoms with Gasteiger partial charge < -0.3 is 10.6 Å². The second kappa shape index (κ2) is 6.61. The highest BCUT2D eigenvalue weighted by Crippen LogP contribution is 2.25. The average molecular weight is 226 g/mol. The van der Waals surface area contributed by atoms with E-state index in [4.69, 9.17) is 5.73 Å². The summed E-state index contributed by atoms with van der Waals surface area (Å²) in [5, 5.41) is 0. The number of rotatable bonds is 4. The van der Waals surface area contributed by atoms with Crippen molar-refractivity contribution < 1.29 is 0 Å². The molecule has 0 aromatic rings. The molecule has 0 aliphatic carbocycles. The molecule has 0 spiro atoms. The number of nitrogens with zero attached hydrogens (tertiary/aromatic N) is 1. The second-order valence-electron chi connectivity index (χ2n) is 6.58. The fourth-order valence-electron chi connectivity index (χ4n) is 2.77. The Morgan fingerprint density at radius 3 is 2.06 bits per heavy atom. The predicted molar refractivity (Wildman–Crippen MR) is 71.5 cm³/mol. The first kappa shape index (κ1) is 14.0. The molecule has 1 rings (SSSR count). The summed E-state index contributed by atoms with van der Waals surface area (Å²) >= 11 is 0. The summed E-state index contributed by atoms with van der Waals surface area (Å²) in [4.78, 5) is 2.64. The Morgan fingerprint density at radius 1 is 1.06 bits per heavy atom. The molecule has 1 saturated heterocycles. The van der Waals surface area contributed by atoms with Crippen LogP contribution >= 0.6 is 0 Å². The Labute approximate surface area is 102 Å². The van der Waals surface area contributed by atoms with Crippen LogP contribution in [0.1, 0.15) is 52.9 Å². The first-order valence-corrected chi connectivity index (χ1v) is 6.94. The number of hydrogen-bond acceptors (Lipinski definition) is 2. The van der Waals surface area contributed by atoms with Crippen LogP contribution in [0.5, 0.6) is 0 Å². The lowest BCUT2D eigenvalue weighted by Crippen LogP contribution is -2.35. The van der Waals surface area contributed by atoms with Gasteiger partial charge >= 0.3 is 0 Å². The van der Waals surface area contributed by atoms with E-state index in [1.54, 1.807) is 0 Å². The van der Waals surface area contributed by atoms with Crippen molar-refractivity contribution in [2.24, 2.45) is 17.1 Å². The van der Waals surface area contributed by atoms with Gasteiger partial charge in [-0.3, -0.25) is 0 Å². The smallest absolute Gasteiger partial charge is 0.00219 e. The Balaban J connectivity index is 2.36. The minimum absolute atomic E-state index is 0.413. The van der Waals surface area contributed by atoms with Crippen LogP contribution < -0.4 is 5.73 Å². The molecule has 0 radical (unpaired) electrons. The lowest BCUT2D eigenvalue weighted by Gasteiger charge is -2.30. The van der Waals surface area contributed by atoms with E-state index in [1.165, 1.54) is 51.7 Å². The van der Waals surface area contributed by atoms with Crippen molar-refractivity contribution in [3.05, 3.63) is 0 Å². The zero-order chi connectivity index (χ0) is 12.0. The topological polar surface area (TPSA) is 29.3 Å². The van der Waals surface area contributed by atoms with Gasteiger partial charge in [-0.2, -0.15) is 0 Å². The molecule has 96 valence electrons. The number of nitrogens with two attached hydrogens (primary N) is 1. The largest absolute Gasteiger partial charge is 0.330 e. The molecular formula is C14H30N2. The van der Waals surface area contributed by atoms with Crippen molar-refractivity contribution in [1.82, 2.24) is 4.90 Å². The lowest BCUT2D eigenvalue weighted by atomic mass is 9.84. The maximum Gasteiger partial charge on any atom is 0.00219 e. The zero-order valence-electron chi connectivity index (χ0n) is 11.5. The van der Waals surface area contributed by atoms with Crippen LogP contribution in [0.15, 0.2) is 0 Å². The molecule has 16 heavy (non-hydrogen) atoms. The van der Waals surface area contributed by atoms with E-state index in [9.17, 15) is 0 Å². The standard InChI is InChI=1S/C14H30N2/c1-14(2,3)10-13(11-15)12-16-8-6-4-5-7-9-16/h13H,4-12,15H2,1-3H3. The molecule has 1 fully saturated rings. The van der Waals surface area contributed by atoms with Crippen LogP contribution in [-0.4, -0.2) is 31.1 Å². The van der Waals surface area contributed by atoms with Crippen LogP contribution in [0.4, 0.5) is 0 Å². The van der Waals surface area contributed by atoms with E-state index in [2.05, 4.69) is 25.7 Å². The summed E-state index contributed by atoms with van der Waals surface area (Å²) < 4.78 is 0. The van der Waals surface area contributed by atoms with Crippen molar-refractivity contribution in [2.75, 3.05) is 26.2 Å². The van der Waals surface area contributed by atoms with Gasteiger partial charge in [-0.15, -0.1) is 0 Å². The summed E-state index contributed by atoms with van der Waals surface area (Å²) in [5.41, 5.74) is 6.32. The molecule has 0 bridgehead atoms. The van der Waals surface area contributed by atoms with E-state index in [-0.39, 0.29) is 0 Å². The zero-order valence-corrected chi connectivity index (χ0v) is 11.5. The first-order valence-electron chi connectivity index (χ1n) is 6.94. The quantitative estimate of drug-likeness (QED) is 0.798. The fourth-order valence-corrected chi connectivity index (χ4v) is 2.77. The molecule has 0 amide bonds. The molecule has 2 N–H and O–H groups in total. The minimum Gasteiger partial charge on any atom is -0.330 e. The third-order valence-corrected chi connectivity index (χ3v) is 3.45. The van der Waals surface area contributed by atoms with Gasteiger partial charge in [0.15, 0.2) is 0 Å². The molecule has 1 unspecified atom stereocenters. The second-order valence-corrected chi connectivity index (χ2v) is 6.58. The van der Waals surface area contributed by atoms with Crippen molar-refractivity contribution in [2.45, 2.75) is 52.9 Å². The highest BCUT2D eigenvalue weighted by atomic mass is 15.1. The van der Waals surface area contributed by atoms with Crippen LogP contribution in [0, 0.1) is 11.3 Å². The summed E-state index contributed by atoms with van der Waals surface area (Å²) in [7, 11) is 0. The Hall–Kier alpha value is -0.0800. The molecule has 1 aliphatic heterocycles. The van der Waals surface area contributed by atoms with Gasteiger partial charge in [-0.25, -0.2) is 0 Å². The van der Waals surface area contributed by atoms with Crippen molar-refractivity contribution >= 4 is 0 Å². The van der Waals surface area contributed by atoms with Crippen molar-refractivity contribution in [1.29, 1.82) is 0 Å². The molecular weight excluding hydrogens is 196 g/mol. The molecule has 0 aromatic heterocycles. The third kappa shape index (κ3) is 5.86. The Kier molecular flexibility index (Phi) is 5.77. The molecule has 2 nitrogen and oxygen atoms in total. The molecule has 0 aromatic carbocycles. The van der Waals surface area contributed by atoms with E-state index < -0.39 is 0 Å². The van der Waals surface area contributed by atoms with Gasteiger partial charge in [-0.05, 0) is 50.2 Å². The van der Waals surface area contributed by atoms with Gasteiger partial charge in [0.25, 0.3) is 0 Å². The number of hydrogen-bond donors (Lipinski definition) is 1. The summed E-state index contributed by atoms with van der Waals surface area (Å²) in [6.07, 6.45) is 6.85. The van der Waals surface area contributed by atoms with Crippen LogP contribution in [0.25, 0.3) is 0 Å². The van der Waals surface area contributed by atoms with E-state index >= 15 is 0 Å². The van der Waals surface area contributed by atoms with E-state index in [0.29, 0.717) is 11.3 Å². The Morgan fingerprint density at radius 2 is 1.62 bits per heavy atom. The van der Waals surface area contributed by atoms with Crippen molar-refractivity contribution in [3.63, 3.8) is 0 Å². The first-order chi connectivity index (χ1) is 7.51. The molecule has 0 saturated carbocycles. The van der Waals surface area contributed by atoms with Crippen LogP contribution in [0.2, 0.25) is 0 Å². The molecule has 1 heterocycles. The van der Waals surface area contributed by atoms with Gasteiger partial charge in [-0.1, -0.05) is 33.6 Å². The van der Waals surface area contributed by atoms with Gasteiger partial charge in [0.05, 0.1) is 0 Å². The minimum atomic E-state index is 0.413. The highest BCUT2D eigenvalue weighted by molar-refractivity contribution is 4.74. The fraction of sp³-hybridized carbons (Fsp3) is 1.00.